The Bertz CT molecular complexity index is 1370. The molecule has 1 aliphatic rings. The Morgan fingerprint density at radius 1 is 1.00 bits per heavy atom. The van der Waals surface area contributed by atoms with Gasteiger partial charge in [0.15, 0.2) is 0 Å². The molecule has 0 spiro atoms. The van der Waals surface area contributed by atoms with Crippen LogP contribution < -0.4 is 5.32 Å². The lowest BCUT2D eigenvalue weighted by molar-refractivity contribution is 0.0331. The van der Waals surface area contributed by atoms with E-state index in [4.69, 9.17) is 14.7 Å². The van der Waals surface area contributed by atoms with Crippen LogP contribution >= 0.6 is 22.7 Å². The smallest absolute Gasteiger partial charge is 0.146 e. The van der Waals surface area contributed by atoms with Gasteiger partial charge in [-0.2, -0.15) is 5.10 Å². The van der Waals surface area contributed by atoms with Gasteiger partial charge >= 0.3 is 0 Å². The van der Waals surface area contributed by atoms with Crippen LogP contribution in [0.1, 0.15) is 11.4 Å². The maximum absolute atomic E-state index is 5.50. The Labute approximate surface area is 205 Å². The predicted molar refractivity (Wildman–Crippen MR) is 138 cm³/mol. The van der Waals surface area contributed by atoms with E-state index in [9.17, 15) is 0 Å². The van der Waals surface area contributed by atoms with E-state index in [2.05, 4.69) is 56.5 Å². The first-order valence-electron chi connectivity index (χ1n) is 11.3. The van der Waals surface area contributed by atoms with Gasteiger partial charge in [0.25, 0.3) is 0 Å². The number of benzene rings is 1. The van der Waals surface area contributed by atoms with Gasteiger partial charge in [0, 0.05) is 47.2 Å². The Morgan fingerprint density at radius 3 is 2.71 bits per heavy atom. The first-order chi connectivity index (χ1) is 16.8. The second kappa shape index (κ2) is 9.63. The lowest BCUT2D eigenvalue weighted by atomic mass is 10.2. The summed E-state index contributed by atoms with van der Waals surface area (Å²) in [4.78, 5) is 14.5. The molecule has 1 aromatic carbocycles. The normalized spacial score (nSPS) is 14.6. The molecule has 34 heavy (non-hydrogen) atoms. The van der Waals surface area contributed by atoms with Gasteiger partial charge in [-0.25, -0.2) is 14.6 Å². The molecule has 0 unspecified atom stereocenters. The standard InChI is InChI=1S/C25H24N6OS2/c1-2-5-19(6-3-1)31-15-18(14-27-31)13-26-24-23-20(21-7-4-12-33-21)17-34-25(23)29-22(28-24)16-30-8-10-32-11-9-30/h1-7,12,14-15,17H,8-11,13,16H2,(H,26,28,29). The Balaban J connectivity index is 1.31. The number of thiophene rings is 2. The molecule has 0 bridgehead atoms. The average molecular weight is 489 g/mol. The maximum atomic E-state index is 5.50. The maximum Gasteiger partial charge on any atom is 0.146 e. The Kier molecular flexibility index (Phi) is 6.07. The number of anilines is 1. The molecule has 1 N–H and O–H groups in total. The summed E-state index contributed by atoms with van der Waals surface area (Å²) < 4.78 is 7.40. The minimum absolute atomic E-state index is 0.635. The summed E-state index contributed by atoms with van der Waals surface area (Å²) in [6.07, 6.45) is 3.96. The summed E-state index contributed by atoms with van der Waals surface area (Å²) in [5.74, 6) is 1.72. The first kappa shape index (κ1) is 21.4. The molecule has 1 aliphatic heterocycles. The molecule has 4 aromatic heterocycles. The van der Waals surface area contributed by atoms with Crippen LogP contribution in [0, 0.1) is 0 Å². The van der Waals surface area contributed by atoms with Crippen molar-refractivity contribution in [2.24, 2.45) is 0 Å². The van der Waals surface area contributed by atoms with E-state index in [1.807, 2.05) is 29.1 Å². The van der Waals surface area contributed by atoms with Crippen molar-refractivity contribution in [3.63, 3.8) is 0 Å². The summed E-state index contributed by atoms with van der Waals surface area (Å²) in [7, 11) is 0. The molecule has 0 aliphatic carbocycles. The highest BCUT2D eigenvalue weighted by atomic mass is 32.1. The molecule has 172 valence electrons. The van der Waals surface area contributed by atoms with E-state index >= 15 is 0 Å². The van der Waals surface area contributed by atoms with Crippen molar-refractivity contribution < 1.29 is 4.74 Å². The predicted octanol–water partition coefficient (Wildman–Crippen LogP) is 5.05. The summed E-state index contributed by atoms with van der Waals surface area (Å²) in [5.41, 5.74) is 3.33. The van der Waals surface area contributed by atoms with Crippen LogP contribution in [0.5, 0.6) is 0 Å². The van der Waals surface area contributed by atoms with Crippen LogP contribution in [-0.2, 0) is 17.8 Å². The van der Waals surface area contributed by atoms with E-state index < -0.39 is 0 Å². The zero-order valence-electron chi connectivity index (χ0n) is 18.6. The largest absolute Gasteiger partial charge is 0.379 e. The quantitative estimate of drug-likeness (QED) is 0.346. The third-order valence-corrected chi connectivity index (χ3v) is 7.63. The highest BCUT2D eigenvalue weighted by Crippen LogP contribution is 2.39. The van der Waals surface area contributed by atoms with Crippen molar-refractivity contribution >= 4 is 38.7 Å². The molecule has 0 amide bonds. The molecule has 6 rings (SSSR count). The number of ether oxygens (including phenoxy) is 1. The minimum Gasteiger partial charge on any atom is -0.379 e. The zero-order valence-corrected chi connectivity index (χ0v) is 20.2. The van der Waals surface area contributed by atoms with Crippen LogP contribution in [-0.4, -0.2) is 51.0 Å². The monoisotopic (exact) mass is 488 g/mol. The highest BCUT2D eigenvalue weighted by molar-refractivity contribution is 7.18. The van der Waals surface area contributed by atoms with Crippen LogP contribution in [0.3, 0.4) is 0 Å². The molecule has 1 fully saturated rings. The van der Waals surface area contributed by atoms with Crippen molar-refractivity contribution in [1.29, 1.82) is 0 Å². The third kappa shape index (κ3) is 4.47. The number of hydrogen-bond donors (Lipinski definition) is 1. The van der Waals surface area contributed by atoms with E-state index in [1.54, 1.807) is 22.7 Å². The summed E-state index contributed by atoms with van der Waals surface area (Å²) >= 11 is 3.42. The molecule has 0 atom stereocenters. The Hall–Kier alpha value is -3.11. The Morgan fingerprint density at radius 2 is 1.88 bits per heavy atom. The van der Waals surface area contributed by atoms with Gasteiger partial charge in [-0.05, 0) is 23.6 Å². The number of nitrogens with one attached hydrogen (secondary N) is 1. The second-order valence-corrected chi connectivity index (χ2v) is 9.97. The van der Waals surface area contributed by atoms with Gasteiger partial charge in [-0.3, -0.25) is 4.90 Å². The topological polar surface area (TPSA) is 68.1 Å². The summed E-state index contributed by atoms with van der Waals surface area (Å²) in [6, 6.07) is 14.4. The van der Waals surface area contributed by atoms with Crippen molar-refractivity contribution in [3.05, 3.63) is 77.0 Å². The fourth-order valence-corrected chi connectivity index (χ4v) is 5.90. The fraction of sp³-hybridized carbons (Fsp3) is 0.240. The molecule has 9 heteroatoms. The van der Waals surface area contributed by atoms with E-state index in [0.717, 1.165) is 66.0 Å². The van der Waals surface area contributed by atoms with Crippen LogP contribution in [0.4, 0.5) is 5.82 Å². The molecule has 5 aromatic rings. The van der Waals surface area contributed by atoms with Crippen molar-refractivity contribution in [1.82, 2.24) is 24.6 Å². The molecular weight excluding hydrogens is 464 g/mol. The van der Waals surface area contributed by atoms with Gasteiger partial charge in [0.2, 0.25) is 0 Å². The SMILES string of the molecule is c1ccc(-n2cc(CNc3nc(CN4CCOCC4)nc4scc(-c5cccs5)c34)cn2)cc1. The van der Waals surface area contributed by atoms with Gasteiger partial charge in [-0.1, -0.05) is 24.3 Å². The van der Waals surface area contributed by atoms with E-state index in [0.29, 0.717) is 6.54 Å². The highest BCUT2D eigenvalue weighted by Gasteiger charge is 2.18. The second-order valence-electron chi connectivity index (χ2n) is 8.17. The molecule has 7 nitrogen and oxygen atoms in total. The number of nitrogens with zero attached hydrogens (tertiary/aromatic N) is 5. The van der Waals surface area contributed by atoms with Gasteiger partial charge in [-0.15, -0.1) is 22.7 Å². The molecular formula is C25H24N6OS2. The number of hydrogen-bond acceptors (Lipinski definition) is 8. The number of para-hydroxylation sites is 1. The van der Waals surface area contributed by atoms with Crippen LogP contribution in [0.25, 0.3) is 26.3 Å². The lowest BCUT2D eigenvalue weighted by Gasteiger charge is -2.25. The van der Waals surface area contributed by atoms with Gasteiger partial charge in [0.05, 0.1) is 37.0 Å². The third-order valence-electron chi connectivity index (χ3n) is 5.85. The lowest BCUT2D eigenvalue weighted by Crippen LogP contribution is -2.36. The van der Waals surface area contributed by atoms with Crippen LogP contribution in [0.15, 0.2) is 65.6 Å². The molecule has 1 saturated heterocycles. The first-order valence-corrected chi connectivity index (χ1v) is 13.0. The zero-order chi connectivity index (χ0) is 22.7. The van der Waals surface area contributed by atoms with E-state index in [-0.39, 0.29) is 0 Å². The van der Waals surface area contributed by atoms with Crippen LogP contribution in [0.2, 0.25) is 0 Å². The fourth-order valence-electron chi connectivity index (χ4n) is 4.12. The average Bonchev–Trinajstić information content (AvgIpc) is 3.64. The number of rotatable bonds is 7. The van der Waals surface area contributed by atoms with Gasteiger partial charge in [0.1, 0.15) is 16.5 Å². The molecule has 0 radical (unpaired) electrons. The van der Waals surface area contributed by atoms with Gasteiger partial charge < -0.3 is 10.1 Å². The number of fused-ring (bicyclic) bond motifs is 1. The van der Waals surface area contributed by atoms with E-state index in [1.165, 1.54) is 10.4 Å². The van der Waals surface area contributed by atoms with Crippen molar-refractivity contribution in [3.8, 4) is 16.1 Å². The summed E-state index contributed by atoms with van der Waals surface area (Å²) in [6.45, 7) is 4.71. The van der Waals surface area contributed by atoms with Crippen molar-refractivity contribution in [2.75, 3.05) is 31.6 Å². The number of morpholine rings is 1. The van der Waals surface area contributed by atoms with Crippen molar-refractivity contribution in [2.45, 2.75) is 13.1 Å². The molecule has 5 heterocycles. The molecule has 0 saturated carbocycles. The minimum atomic E-state index is 0.635. The summed E-state index contributed by atoms with van der Waals surface area (Å²) in [5, 5.41) is 13.5. The number of aromatic nitrogens is 4.